The Bertz CT molecular complexity index is 3310. The monoisotopic (exact) mass is 812 g/mol. The molecular weight excluding hydrogens is 769 g/mol. The molecule has 0 unspecified atom stereocenters. The average Bonchev–Trinajstić information content (AvgIpc) is 3.79. The van der Waals surface area contributed by atoms with E-state index >= 15 is 0 Å². The van der Waals surface area contributed by atoms with Gasteiger partial charge in [0, 0.05) is 54.1 Å². The number of aromatic nitrogens is 1. The molecule has 0 saturated carbocycles. The second-order valence-corrected chi connectivity index (χ2v) is 18.6. The molecule has 296 valence electrons. The summed E-state index contributed by atoms with van der Waals surface area (Å²) in [7, 11) is 0. The van der Waals surface area contributed by atoms with Crippen molar-refractivity contribution in [1.82, 2.24) is 4.57 Å². The first-order chi connectivity index (χ1) is 30.4. The molecule has 0 amide bonds. The molecule has 12 rings (SSSR count). The molecule has 0 atom stereocenters. The molecule has 0 N–H and O–H groups in total. The van der Waals surface area contributed by atoms with E-state index in [2.05, 4.69) is 243 Å². The lowest BCUT2D eigenvalue weighted by Crippen LogP contribution is -2.24. The van der Waals surface area contributed by atoms with Gasteiger partial charge in [-0.3, -0.25) is 0 Å². The highest BCUT2D eigenvalue weighted by molar-refractivity contribution is 7.99. The lowest BCUT2D eigenvalue weighted by molar-refractivity contribution is 0.607. The molecule has 2 heterocycles. The van der Waals surface area contributed by atoms with Crippen molar-refractivity contribution in [2.24, 2.45) is 0 Å². The van der Waals surface area contributed by atoms with Crippen LogP contribution in [0.3, 0.4) is 0 Å². The van der Waals surface area contributed by atoms with E-state index in [0.29, 0.717) is 0 Å². The predicted molar refractivity (Wildman–Crippen MR) is 261 cm³/mol. The number of anilines is 3. The summed E-state index contributed by atoms with van der Waals surface area (Å²) >= 11 is 1.88. The zero-order valence-electron chi connectivity index (χ0n) is 35.0. The summed E-state index contributed by atoms with van der Waals surface area (Å²) in [6.07, 6.45) is 0. The molecular formula is C59H44N2S. The van der Waals surface area contributed by atoms with E-state index in [1.54, 1.807) is 0 Å². The molecule has 0 radical (unpaired) electrons. The molecule has 10 aromatic rings. The van der Waals surface area contributed by atoms with Crippen molar-refractivity contribution < 1.29 is 0 Å². The van der Waals surface area contributed by atoms with Gasteiger partial charge in [-0.05, 0) is 136 Å². The van der Waals surface area contributed by atoms with Crippen LogP contribution in [-0.4, -0.2) is 4.57 Å². The number of benzene rings is 9. The summed E-state index contributed by atoms with van der Waals surface area (Å²) in [6, 6.07) is 78.7. The van der Waals surface area contributed by atoms with Gasteiger partial charge in [-0.25, -0.2) is 0 Å². The lowest BCUT2D eigenvalue weighted by Gasteiger charge is -2.36. The first-order valence-corrected chi connectivity index (χ1v) is 22.4. The zero-order chi connectivity index (χ0) is 41.6. The maximum atomic E-state index is 2.48. The maximum Gasteiger partial charge on any atom is 0.0542 e. The van der Waals surface area contributed by atoms with E-state index in [1.165, 1.54) is 81.7 Å². The Morgan fingerprint density at radius 2 is 0.919 bits per heavy atom. The summed E-state index contributed by atoms with van der Waals surface area (Å²) in [5.74, 6) is 0. The van der Waals surface area contributed by atoms with E-state index in [-0.39, 0.29) is 10.8 Å². The highest BCUT2D eigenvalue weighted by Crippen LogP contribution is 2.54. The Morgan fingerprint density at radius 1 is 0.403 bits per heavy atom. The van der Waals surface area contributed by atoms with Gasteiger partial charge < -0.3 is 9.47 Å². The molecule has 0 fully saturated rings. The van der Waals surface area contributed by atoms with Gasteiger partial charge in [0.15, 0.2) is 0 Å². The van der Waals surface area contributed by atoms with Crippen molar-refractivity contribution in [2.45, 2.75) is 41.4 Å². The Morgan fingerprint density at radius 3 is 1.63 bits per heavy atom. The molecule has 2 nitrogen and oxygen atoms in total. The van der Waals surface area contributed by atoms with Crippen LogP contribution in [-0.2, 0) is 10.8 Å². The van der Waals surface area contributed by atoms with Crippen LogP contribution in [0.1, 0.15) is 48.6 Å². The molecule has 3 heteroatoms. The lowest BCUT2D eigenvalue weighted by atomic mass is 9.74. The van der Waals surface area contributed by atoms with Crippen LogP contribution in [0.25, 0.3) is 49.7 Å². The largest absolute Gasteiger partial charge is 0.310 e. The van der Waals surface area contributed by atoms with Crippen molar-refractivity contribution in [1.29, 1.82) is 0 Å². The molecule has 62 heavy (non-hydrogen) atoms. The van der Waals surface area contributed by atoms with Crippen molar-refractivity contribution >= 4 is 50.6 Å². The SMILES string of the molecule is CC1(C)c2ccccc2Sc2ccc(N(c3ccc(-c4ccccc4)cc3)c3ccc4c(c3)c3cc(C5(C)c6ccccc6-c6ccccc65)ccc3n4-c3ccccc3)cc21. The van der Waals surface area contributed by atoms with Crippen molar-refractivity contribution in [3.8, 4) is 27.9 Å². The van der Waals surface area contributed by atoms with Crippen LogP contribution in [0.15, 0.2) is 222 Å². The second-order valence-electron chi connectivity index (χ2n) is 17.5. The third-order valence-electron chi connectivity index (χ3n) is 13.7. The summed E-state index contributed by atoms with van der Waals surface area (Å²) in [4.78, 5) is 5.11. The van der Waals surface area contributed by atoms with E-state index < -0.39 is 0 Å². The summed E-state index contributed by atoms with van der Waals surface area (Å²) in [5.41, 5.74) is 18.2. The fourth-order valence-electron chi connectivity index (χ4n) is 10.5. The minimum absolute atomic E-state index is 0.160. The van der Waals surface area contributed by atoms with Crippen LogP contribution >= 0.6 is 11.8 Å². The normalized spacial score (nSPS) is 14.2. The second kappa shape index (κ2) is 14.0. The van der Waals surface area contributed by atoms with Crippen LogP contribution in [0.4, 0.5) is 17.1 Å². The number of hydrogen-bond donors (Lipinski definition) is 0. The van der Waals surface area contributed by atoms with Crippen LogP contribution in [0.5, 0.6) is 0 Å². The first-order valence-electron chi connectivity index (χ1n) is 21.6. The predicted octanol–water partition coefficient (Wildman–Crippen LogP) is 16.0. The topological polar surface area (TPSA) is 8.17 Å². The van der Waals surface area contributed by atoms with E-state index in [0.717, 1.165) is 22.7 Å². The van der Waals surface area contributed by atoms with Crippen molar-refractivity contribution in [3.05, 3.63) is 240 Å². The Kier molecular flexibility index (Phi) is 8.29. The molecule has 0 bridgehead atoms. The highest BCUT2D eigenvalue weighted by atomic mass is 32.2. The van der Waals surface area contributed by atoms with Crippen LogP contribution in [0.2, 0.25) is 0 Å². The zero-order valence-corrected chi connectivity index (χ0v) is 35.8. The Hall–Kier alpha value is -7.07. The first kappa shape index (κ1) is 36.8. The molecule has 9 aromatic carbocycles. The number of rotatable bonds is 6. The minimum Gasteiger partial charge on any atom is -0.310 e. The number of hydrogen-bond acceptors (Lipinski definition) is 2. The Balaban J connectivity index is 1.08. The van der Waals surface area contributed by atoms with Crippen LogP contribution < -0.4 is 4.90 Å². The number of nitrogens with zero attached hydrogens (tertiary/aromatic N) is 2. The van der Waals surface area contributed by atoms with Gasteiger partial charge in [0.05, 0.1) is 11.0 Å². The van der Waals surface area contributed by atoms with Gasteiger partial charge in [0.25, 0.3) is 0 Å². The van der Waals surface area contributed by atoms with Crippen LogP contribution in [0, 0.1) is 0 Å². The van der Waals surface area contributed by atoms with E-state index in [1.807, 2.05) is 11.8 Å². The number of fused-ring (bicyclic) bond motifs is 8. The maximum absolute atomic E-state index is 2.48. The van der Waals surface area contributed by atoms with Gasteiger partial charge in [0.1, 0.15) is 0 Å². The summed E-state index contributed by atoms with van der Waals surface area (Å²) in [6.45, 7) is 7.16. The quantitative estimate of drug-likeness (QED) is 0.165. The number of para-hydroxylation sites is 1. The highest BCUT2D eigenvalue weighted by Gasteiger charge is 2.41. The van der Waals surface area contributed by atoms with Gasteiger partial charge in [-0.1, -0.05) is 159 Å². The fraction of sp³-hybridized carbons (Fsp3) is 0.0847. The van der Waals surface area contributed by atoms with Gasteiger partial charge in [-0.2, -0.15) is 0 Å². The summed E-state index contributed by atoms with van der Waals surface area (Å²) < 4.78 is 2.44. The third-order valence-corrected chi connectivity index (χ3v) is 14.9. The average molecular weight is 813 g/mol. The molecule has 1 aliphatic heterocycles. The molecule has 2 aliphatic rings. The van der Waals surface area contributed by atoms with Crippen molar-refractivity contribution in [2.75, 3.05) is 4.90 Å². The minimum atomic E-state index is -0.306. The smallest absolute Gasteiger partial charge is 0.0542 e. The van der Waals surface area contributed by atoms with E-state index in [4.69, 9.17) is 0 Å². The standard InChI is InChI=1S/C59H44N2S/c1-58(2)52-24-14-15-25-56(52)62-57-35-32-45(38-53(57)58)60(43-29-26-40(27-30-43)39-16-6-4-7-17-39)44-31-34-55-49(37-44)48-36-41(28-33-54(48)61(55)42-18-8-5-9-19-42)59(3)50-22-12-10-20-46(50)47-21-11-13-23-51(47)59/h4-38H,1-3H3. The summed E-state index contributed by atoms with van der Waals surface area (Å²) in [5, 5.41) is 2.46. The van der Waals surface area contributed by atoms with Gasteiger partial charge >= 0.3 is 0 Å². The van der Waals surface area contributed by atoms with Gasteiger partial charge in [0.2, 0.25) is 0 Å². The fourth-order valence-corrected chi connectivity index (χ4v) is 11.9. The Labute approximate surface area is 367 Å². The molecule has 1 aliphatic carbocycles. The van der Waals surface area contributed by atoms with E-state index in [9.17, 15) is 0 Å². The molecule has 0 saturated heterocycles. The van der Waals surface area contributed by atoms with Crippen molar-refractivity contribution in [3.63, 3.8) is 0 Å². The molecule has 1 aromatic heterocycles. The third kappa shape index (κ3) is 5.51. The molecule has 0 spiro atoms. The van der Waals surface area contributed by atoms with Gasteiger partial charge in [-0.15, -0.1) is 0 Å².